The molecule has 0 aliphatic carbocycles. The molecular weight excluding hydrogens is 256 g/mol. The number of amides is 1. The fraction of sp³-hybridized carbons (Fsp3) is 0.286. The number of nitrogens with two attached hydrogens (primary N) is 2. The predicted octanol–water partition coefficient (Wildman–Crippen LogP) is 1.85. The Bertz CT molecular complexity index is 617. The lowest BCUT2D eigenvalue weighted by Gasteiger charge is -2.07. The van der Waals surface area contributed by atoms with E-state index in [1.807, 2.05) is 0 Å². The molecule has 6 nitrogen and oxygen atoms in total. The van der Waals surface area contributed by atoms with Crippen LogP contribution in [0.15, 0.2) is 24.3 Å². The van der Waals surface area contributed by atoms with Gasteiger partial charge in [-0.05, 0) is 30.7 Å². The van der Waals surface area contributed by atoms with E-state index >= 15 is 0 Å². The quantitative estimate of drug-likeness (QED) is 0.869. The van der Waals surface area contributed by atoms with Gasteiger partial charge in [0.2, 0.25) is 11.8 Å². The maximum Gasteiger partial charge on any atom is 0.248 e. The van der Waals surface area contributed by atoms with Crippen molar-refractivity contribution < 1.29 is 9.53 Å². The highest BCUT2D eigenvalue weighted by Crippen LogP contribution is 2.30. The first-order valence-corrected chi connectivity index (χ1v) is 6.42. The summed E-state index contributed by atoms with van der Waals surface area (Å²) in [5.74, 6) is 0.606. The number of benzene rings is 1. The Labute approximate surface area is 117 Å². The van der Waals surface area contributed by atoms with Crippen LogP contribution in [0.1, 0.15) is 29.4 Å². The first-order chi connectivity index (χ1) is 9.52. The van der Waals surface area contributed by atoms with E-state index in [9.17, 15) is 4.79 Å². The number of nitrogens with zero attached hydrogens (tertiary/aromatic N) is 2. The number of nitrogen functional groups attached to an aromatic ring is 1. The number of carbonyl (C=O) groups is 1. The van der Waals surface area contributed by atoms with E-state index in [1.165, 1.54) is 0 Å². The van der Waals surface area contributed by atoms with Crippen LogP contribution in [0.2, 0.25) is 0 Å². The van der Waals surface area contributed by atoms with Crippen LogP contribution < -0.4 is 16.2 Å². The Morgan fingerprint density at radius 1 is 1.35 bits per heavy atom. The minimum atomic E-state index is -0.471. The second-order valence-electron chi connectivity index (χ2n) is 4.53. The molecule has 0 radical (unpaired) electrons. The number of hydrogen-bond acceptors (Lipinski definition) is 4. The molecule has 0 bridgehead atoms. The summed E-state index contributed by atoms with van der Waals surface area (Å²) >= 11 is 0. The van der Waals surface area contributed by atoms with Gasteiger partial charge in [0, 0.05) is 12.6 Å². The molecule has 0 fully saturated rings. The molecule has 0 aliphatic heterocycles. The number of carbonyl (C=O) groups excluding carboxylic acids is 1. The van der Waals surface area contributed by atoms with Crippen LogP contribution in [0.4, 0.5) is 5.69 Å². The summed E-state index contributed by atoms with van der Waals surface area (Å²) < 4.78 is 7.34. The minimum absolute atomic E-state index is 0.432. The molecule has 4 N–H and O–H groups in total. The summed E-state index contributed by atoms with van der Waals surface area (Å²) in [6.07, 6.45) is 1.78. The van der Waals surface area contributed by atoms with Gasteiger partial charge < -0.3 is 16.2 Å². The summed E-state index contributed by atoms with van der Waals surface area (Å²) in [5.41, 5.74) is 13.0. The second kappa shape index (κ2) is 5.64. The molecule has 2 rings (SSSR count). The molecule has 1 heterocycles. The Balaban J connectivity index is 2.23. The maximum atomic E-state index is 11.0. The SMILES string of the molecule is CCCc1nn(C)c(Oc2ccc(C(N)=O)cc2)c1N. The van der Waals surface area contributed by atoms with Crippen molar-refractivity contribution in [3.05, 3.63) is 35.5 Å². The van der Waals surface area contributed by atoms with E-state index in [4.69, 9.17) is 16.2 Å². The molecule has 0 saturated heterocycles. The van der Waals surface area contributed by atoms with Crippen molar-refractivity contribution in [1.29, 1.82) is 0 Å². The number of primary amides is 1. The lowest BCUT2D eigenvalue weighted by Crippen LogP contribution is -2.10. The van der Waals surface area contributed by atoms with Crippen LogP contribution in [-0.4, -0.2) is 15.7 Å². The Kier molecular flexibility index (Phi) is 3.93. The summed E-state index contributed by atoms with van der Waals surface area (Å²) in [6.45, 7) is 2.07. The van der Waals surface area contributed by atoms with Crippen LogP contribution in [0.5, 0.6) is 11.6 Å². The van der Waals surface area contributed by atoms with Crippen LogP contribution in [-0.2, 0) is 13.5 Å². The summed E-state index contributed by atoms with van der Waals surface area (Å²) in [4.78, 5) is 11.0. The molecule has 0 aliphatic rings. The molecular formula is C14H18N4O2. The lowest BCUT2D eigenvalue weighted by molar-refractivity contribution is 0.100. The molecule has 2 aromatic rings. The number of rotatable bonds is 5. The molecule has 1 aromatic carbocycles. The Morgan fingerprint density at radius 2 is 2.00 bits per heavy atom. The van der Waals surface area contributed by atoms with E-state index in [0.29, 0.717) is 22.9 Å². The fourth-order valence-electron chi connectivity index (χ4n) is 1.92. The number of aromatic nitrogens is 2. The lowest BCUT2D eigenvalue weighted by atomic mass is 10.2. The van der Waals surface area contributed by atoms with Crippen molar-refractivity contribution in [3.8, 4) is 11.6 Å². The zero-order chi connectivity index (χ0) is 14.7. The summed E-state index contributed by atoms with van der Waals surface area (Å²) in [7, 11) is 1.78. The highest BCUT2D eigenvalue weighted by atomic mass is 16.5. The molecule has 20 heavy (non-hydrogen) atoms. The van der Waals surface area contributed by atoms with Gasteiger partial charge in [-0.3, -0.25) is 4.79 Å². The number of anilines is 1. The zero-order valence-electron chi connectivity index (χ0n) is 11.6. The van der Waals surface area contributed by atoms with Crippen molar-refractivity contribution in [3.63, 3.8) is 0 Å². The van der Waals surface area contributed by atoms with E-state index in [-0.39, 0.29) is 0 Å². The van der Waals surface area contributed by atoms with Crippen molar-refractivity contribution in [1.82, 2.24) is 9.78 Å². The summed E-state index contributed by atoms with van der Waals surface area (Å²) in [6, 6.07) is 6.56. The van der Waals surface area contributed by atoms with E-state index < -0.39 is 5.91 Å². The monoisotopic (exact) mass is 274 g/mol. The Morgan fingerprint density at radius 3 is 2.55 bits per heavy atom. The number of hydrogen-bond donors (Lipinski definition) is 2. The average Bonchev–Trinajstić information content (AvgIpc) is 2.68. The standard InChI is InChI=1S/C14H18N4O2/c1-3-4-11-12(15)14(18(2)17-11)20-10-7-5-9(6-8-10)13(16)19/h5-8H,3-4,15H2,1-2H3,(H2,16,19). The van der Waals surface area contributed by atoms with Gasteiger partial charge in [-0.2, -0.15) is 5.10 Å². The van der Waals surface area contributed by atoms with Gasteiger partial charge in [0.25, 0.3) is 0 Å². The predicted molar refractivity (Wildman–Crippen MR) is 76.6 cm³/mol. The summed E-state index contributed by atoms with van der Waals surface area (Å²) in [5, 5.41) is 4.33. The first kappa shape index (κ1) is 13.9. The normalized spacial score (nSPS) is 10.5. The van der Waals surface area contributed by atoms with Crippen LogP contribution in [0.3, 0.4) is 0 Å². The van der Waals surface area contributed by atoms with Gasteiger partial charge in [0.15, 0.2) is 0 Å². The molecule has 1 aromatic heterocycles. The highest BCUT2D eigenvalue weighted by molar-refractivity contribution is 5.92. The van der Waals surface area contributed by atoms with Crippen LogP contribution >= 0.6 is 0 Å². The molecule has 6 heteroatoms. The average molecular weight is 274 g/mol. The van der Waals surface area contributed by atoms with Gasteiger partial charge >= 0.3 is 0 Å². The molecule has 106 valence electrons. The maximum absolute atomic E-state index is 11.0. The highest BCUT2D eigenvalue weighted by Gasteiger charge is 2.14. The van der Waals surface area contributed by atoms with E-state index in [0.717, 1.165) is 18.5 Å². The van der Waals surface area contributed by atoms with Crippen molar-refractivity contribution in [2.24, 2.45) is 12.8 Å². The van der Waals surface area contributed by atoms with E-state index in [2.05, 4.69) is 12.0 Å². The number of aryl methyl sites for hydroxylation is 2. The largest absolute Gasteiger partial charge is 0.437 e. The van der Waals surface area contributed by atoms with Gasteiger partial charge in [-0.1, -0.05) is 13.3 Å². The van der Waals surface area contributed by atoms with E-state index in [1.54, 1.807) is 36.0 Å². The fourth-order valence-corrected chi connectivity index (χ4v) is 1.92. The third kappa shape index (κ3) is 2.74. The van der Waals surface area contributed by atoms with Gasteiger partial charge in [-0.15, -0.1) is 0 Å². The molecule has 1 amide bonds. The molecule has 0 unspecified atom stereocenters. The van der Waals surface area contributed by atoms with Crippen LogP contribution in [0, 0.1) is 0 Å². The molecule has 0 atom stereocenters. The second-order valence-corrected chi connectivity index (χ2v) is 4.53. The van der Waals surface area contributed by atoms with Crippen molar-refractivity contribution in [2.45, 2.75) is 19.8 Å². The zero-order valence-corrected chi connectivity index (χ0v) is 11.6. The molecule has 0 spiro atoms. The smallest absolute Gasteiger partial charge is 0.248 e. The number of ether oxygens (including phenoxy) is 1. The van der Waals surface area contributed by atoms with Gasteiger partial charge in [-0.25, -0.2) is 4.68 Å². The third-order valence-electron chi connectivity index (χ3n) is 2.95. The third-order valence-corrected chi connectivity index (χ3v) is 2.95. The van der Waals surface area contributed by atoms with Crippen LogP contribution in [0.25, 0.3) is 0 Å². The van der Waals surface area contributed by atoms with Gasteiger partial charge in [0.1, 0.15) is 11.4 Å². The first-order valence-electron chi connectivity index (χ1n) is 6.42. The van der Waals surface area contributed by atoms with Gasteiger partial charge in [0.05, 0.1) is 5.69 Å². The topological polar surface area (TPSA) is 96.2 Å². The van der Waals surface area contributed by atoms with Crippen molar-refractivity contribution >= 4 is 11.6 Å². The minimum Gasteiger partial charge on any atom is -0.437 e. The van der Waals surface area contributed by atoms with Crippen molar-refractivity contribution in [2.75, 3.05) is 5.73 Å². The Hall–Kier alpha value is -2.50. The molecule has 0 saturated carbocycles.